The fourth-order valence-corrected chi connectivity index (χ4v) is 5.21. The number of hydrogen-bond donors (Lipinski definition) is 1. The van der Waals surface area contributed by atoms with Gasteiger partial charge in [0.15, 0.2) is 0 Å². The second-order valence-electron chi connectivity index (χ2n) is 9.41. The van der Waals surface area contributed by atoms with Crippen LogP contribution in [-0.4, -0.2) is 42.4 Å². The summed E-state index contributed by atoms with van der Waals surface area (Å²) >= 11 is 0. The number of rotatable bonds is 6. The van der Waals surface area contributed by atoms with Crippen molar-refractivity contribution in [2.75, 3.05) is 0 Å². The van der Waals surface area contributed by atoms with Crippen LogP contribution in [0.1, 0.15) is 58.6 Å². The third kappa shape index (κ3) is 4.10. The van der Waals surface area contributed by atoms with Crippen LogP contribution in [0.15, 0.2) is 96.7 Å². The van der Waals surface area contributed by atoms with Gasteiger partial charge in [0.25, 0.3) is 0 Å². The maximum atomic E-state index is 11.4. The summed E-state index contributed by atoms with van der Waals surface area (Å²) in [5.74, 6) is -1.21. The summed E-state index contributed by atoms with van der Waals surface area (Å²) in [5.41, 5.74) is 6.45. The standard InChI is InChI=1S/C30H25N5O3/c1-18-27(19(2)38-34-18)21-15-23-24(28(25-7-3-5-13-31-25)26-8-4-6-14-32-26)17-35(29(23)33-16-21)22-11-9-20(10-12-22)30(36)37/h3-17,19,27-28H,1-2H3,(H,36,37). The molecule has 0 saturated heterocycles. The molecule has 188 valence electrons. The van der Waals surface area contributed by atoms with Crippen LogP contribution in [0.2, 0.25) is 0 Å². The van der Waals surface area contributed by atoms with Crippen molar-refractivity contribution in [2.24, 2.45) is 5.16 Å². The number of pyridine rings is 3. The van der Waals surface area contributed by atoms with Gasteiger partial charge >= 0.3 is 5.97 Å². The second-order valence-corrected chi connectivity index (χ2v) is 9.41. The lowest BCUT2D eigenvalue weighted by Gasteiger charge is -2.17. The van der Waals surface area contributed by atoms with Gasteiger partial charge in [-0.3, -0.25) is 9.97 Å². The van der Waals surface area contributed by atoms with E-state index in [1.54, 1.807) is 36.7 Å². The minimum atomic E-state index is -0.965. The normalized spacial score (nSPS) is 17.0. The summed E-state index contributed by atoms with van der Waals surface area (Å²) in [7, 11) is 0. The molecule has 0 amide bonds. The van der Waals surface area contributed by atoms with E-state index in [9.17, 15) is 9.90 Å². The number of oxime groups is 1. The summed E-state index contributed by atoms with van der Waals surface area (Å²) in [6, 6.07) is 20.7. The average molecular weight is 504 g/mol. The highest BCUT2D eigenvalue weighted by Crippen LogP contribution is 2.38. The monoisotopic (exact) mass is 503 g/mol. The van der Waals surface area contributed by atoms with Crippen LogP contribution >= 0.6 is 0 Å². The molecule has 0 spiro atoms. The number of benzene rings is 1. The van der Waals surface area contributed by atoms with Gasteiger partial charge in [-0.15, -0.1) is 0 Å². The summed E-state index contributed by atoms with van der Waals surface area (Å²) < 4.78 is 1.99. The Kier molecular flexibility index (Phi) is 5.92. The van der Waals surface area contributed by atoms with Crippen molar-refractivity contribution in [3.8, 4) is 5.69 Å². The van der Waals surface area contributed by atoms with Crippen molar-refractivity contribution in [1.82, 2.24) is 19.5 Å². The Labute approximate surface area is 219 Å². The molecule has 4 aromatic heterocycles. The fourth-order valence-electron chi connectivity index (χ4n) is 5.21. The molecule has 0 saturated carbocycles. The number of fused-ring (bicyclic) bond motifs is 1. The molecule has 8 heteroatoms. The molecular weight excluding hydrogens is 478 g/mol. The SMILES string of the molecule is CC1=NOC(C)C1c1cnc2c(c1)c(C(c1ccccn1)c1ccccn1)cn2-c1ccc(C(=O)O)cc1. The zero-order valence-corrected chi connectivity index (χ0v) is 20.9. The Balaban J connectivity index is 1.60. The molecule has 5 aromatic rings. The van der Waals surface area contributed by atoms with Gasteiger partial charge in [-0.25, -0.2) is 9.78 Å². The Morgan fingerprint density at radius 2 is 1.66 bits per heavy atom. The maximum absolute atomic E-state index is 11.4. The zero-order chi connectivity index (χ0) is 26.2. The van der Waals surface area contributed by atoms with Gasteiger partial charge in [0.2, 0.25) is 0 Å². The van der Waals surface area contributed by atoms with Gasteiger partial charge in [-0.1, -0.05) is 17.3 Å². The van der Waals surface area contributed by atoms with Crippen LogP contribution in [-0.2, 0) is 4.84 Å². The second kappa shape index (κ2) is 9.55. The van der Waals surface area contributed by atoms with Crippen molar-refractivity contribution in [1.29, 1.82) is 0 Å². The van der Waals surface area contributed by atoms with Crippen LogP contribution in [0.4, 0.5) is 0 Å². The van der Waals surface area contributed by atoms with E-state index in [0.29, 0.717) is 0 Å². The molecule has 0 radical (unpaired) electrons. The lowest BCUT2D eigenvalue weighted by atomic mass is 9.88. The number of aromatic nitrogens is 4. The third-order valence-corrected chi connectivity index (χ3v) is 7.01. The van der Waals surface area contributed by atoms with E-state index in [0.717, 1.165) is 44.9 Å². The largest absolute Gasteiger partial charge is 0.478 e. The summed E-state index contributed by atoms with van der Waals surface area (Å²) in [4.78, 5) is 31.3. The smallest absolute Gasteiger partial charge is 0.335 e. The van der Waals surface area contributed by atoms with Gasteiger partial charge in [0.1, 0.15) is 11.8 Å². The first-order chi connectivity index (χ1) is 18.5. The first-order valence-electron chi connectivity index (χ1n) is 12.4. The molecule has 1 aliphatic heterocycles. The predicted octanol–water partition coefficient (Wildman–Crippen LogP) is 5.57. The minimum Gasteiger partial charge on any atom is -0.478 e. The van der Waals surface area contributed by atoms with Gasteiger partial charge in [-0.05, 0) is 79.6 Å². The predicted molar refractivity (Wildman–Crippen MR) is 144 cm³/mol. The van der Waals surface area contributed by atoms with E-state index >= 15 is 0 Å². The number of nitrogens with zero attached hydrogens (tertiary/aromatic N) is 5. The Hall–Kier alpha value is -4.85. The van der Waals surface area contributed by atoms with Crippen molar-refractivity contribution in [3.05, 3.63) is 120 Å². The molecular formula is C30H25N5O3. The molecule has 0 aliphatic carbocycles. The van der Waals surface area contributed by atoms with E-state index in [4.69, 9.17) is 19.8 Å². The van der Waals surface area contributed by atoms with Crippen molar-refractivity contribution in [2.45, 2.75) is 31.8 Å². The van der Waals surface area contributed by atoms with Crippen molar-refractivity contribution < 1.29 is 14.7 Å². The van der Waals surface area contributed by atoms with Gasteiger partial charge < -0.3 is 14.5 Å². The molecule has 38 heavy (non-hydrogen) atoms. The molecule has 2 atom stereocenters. The fraction of sp³-hybridized carbons (Fsp3) is 0.167. The van der Waals surface area contributed by atoms with Gasteiger partial charge in [0, 0.05) is 35.9 Å². The summed E-state index contributed by atoms with van der Waals surface area (Å²) in [6.07, 6.45) is 7.41. The quantitative estimate of drug-likeness (QED) is 0.325. The Bertz CT molecular complexity index is 1610. The lowest BCUT2D eigenvalue weighted by Crippen LogP contribution is -2.16. The molecule has 0 bridgehead atoms. The summed E-state index contributed by atoms with van der Waals surface area (Å²) in [5, 5.41) is 14.5. The van der Waals surface area contributed by atoms with Gasteiger partial charge in [0.05, 0.1) is 34.5 Å². The molecule has 1 aliphatic rings. The highest BCUT2D eigenvalue weighted by atomic mass is 16.6. The molecule has 8 nitrogen and oxygen atoms in total. The number of hydrogen-bond acceptors (Lipinski definition) is 6. The van der Waals surface area contributed by atoms with Crippen LogP contribution in [0.5, 0.6) is 0 Å². The number of carbonyl (C=O) groups is 1. The van der Waals surface area contributed by atoms with Crippen LogP contribution in [0, 0.1) is 0 Å². The molecule has 5 heterocycles. The highest BCUT2D eigenvalue weighted by molar-refractivity contribution is 5.92. The third-order valence-electron chi connectivity index (χ3n) is 7.01. The summed E-state index contributed by atoms with van der Waals surface area (Å²) in [6.45, 7) is 3.98. The zero-order valence-electron chi connectivity index (χ0n) is 20.9. The number of carboxylic acids is 1. The van der Waals surface area contributed by atoms with Crippen LogP contribution in [0.3, 0.4) is 0 Å². The molecule has 6 rings (SSSR count). The van der Waals surface area contributed by atoms with Crippen LogP contribution < -0.4 is 0 Å². The number of carboxylic acid groups (broad SMARTS) is 1. The molecule has 1 N–H and O–H groups in total. The van der Waals surface area contributed by atoms with E-state index in [2.05, 4.69) is 17.4 Å². The molecule has 1 aromatic carbocycles. The highest BCUT2D eigenvalue weighted by Gasteiger charge is 2.31. The number of aromatic carboxylic acids is 1. The maximum Gasteiger partial charge on any atom is 0.335 e. The minimum absolute atomic E-state index is 0.00102. The Morgan fingerprint density at radius 1 is 0.974 bits per heavy atom. The van der Waals surface area contributed by atoms with Crippen molar-refractivity contribution in [3.63, 3.8) is 0 Å². The van der Waals surface area contributed by atoms with E-state index in [1.807, 2.05) is 61.0 Å². The lowest BCUT2D eigenvalue weighted by molar-refractivity contribution is 0.0697. The Morgan fingerprint density at radius 3 is 2.21 bits per heavy atom. The first-order valence-corrected chi connectivity index (χ1v) is 12.4. The van der Waals surface area contributed by atoms with Crippen molar-refractivity contribution >= 4 is 22.7 Å². The molecule has 2 unspecified atom stereocenters. The van der Waals surface area contributed by atoms with Crippen LogP contribution in [0.25, 0.3) is 16.7 Å². The van der Waals surface area contributed by atoms with Gasteiger partial charge in [-0.2, -0.15) is 0 Å². The van der Waals surface area contributed by atoms with E-state index < -0.39 is 5.97 Å². The average Bonchev–Trinajstić information content (AvgIpc) is 3.49. The van der Waals surface area contributed by atoms with E-state index in [1.165, 1.54) is 0 Å². The van der Waals surface area contributed by atoms with E-state index in [-0.39, 0.29) is 23.5 Å². The molecule has 0 fully saturated rings. The topological polar surface area (TPSA) is 102 Å². The first kappa shape index (κ1) is 23.5.